The number of nitrogens with zero attached hydrogens (tertiary/aromatic N) is 2. The second kappa shape index (κ2) is 7.79. The summed E-state index contributed by atoms with van der Waals surface area (Å²) in [5.74, 6) is 0.303. The minimum absolute atomic E-state index is 0.0495. The molecule has 0 amide bonds. The molecule has 1 aromatic rings. The van der Waals surface area contributed by atoms with Gasteiger partial charge < -0.3 is 9.72 Å². The number of carbonyl (C=O) groups excluding carboxylic acids is 1. The minimum atomic E-state index is -3.99. The lowest BCUT2D eigenvalue weighted by atomic mass is 10.2. The third kappa shape index (κ3) is 4.15. The topological polar surface area (TPSA) is 137 Å². The van der Waals surface area contributed by atoms with Crippen LogP contribution in [0.25, 0.3) is 0 Å². The maximum absolute atomic E-state index is 11.9. The molecule has 0 radical (unpaired) electrons. The molecule has 1 atom stereocenters. The van der Waals surface area contributed by atoms with E-state index in [0.717, 1.165) is 17.1 Å². The number of aliphatic imine (C=N–C) groups is 1. The third-order valence-electron chi connectivity index (χ3n) is 3.25. The average molecular weight is 373 g/mol. The first kappa shape index (κ1) is 18.5. The molecule has 1 aromatic heterocycles. The first-order valence-electron chi connectivity index (χ1n) is 7.25. The van der Waals surface area contributed by atoms with E-state index in [1.54, 1.807) is 25.0 Å². The number of nitrogens with one attached hydrogen (secondary N) is 3. The van der Waals surface area contributed by atoms with Crippen molar-refractivity contribution in [3.05, 3.63) is 17.7 Å². The highest BCUT2D eigenvalue weighted by atomic mass is 32.2. The lowest BCUT2D eigenvalue weighted by Crippen LogP contribution is -2.35. The normalized spacial score (nSPS) is 21.0. The highest BCUT2D eigenvalue weighted by Gasteiger charge is 2.47. The molecule has 2 heterocycles. The van der Waals surface area contributed by atoms with E-state index in [0.29, 0.717) is 12.3 Å². The van der Waals surface area contributed by atoms with Crippen molar-refractivity contribution in [1.29, 1.82) is 5.41 Å². The Morgan fingerprint density at radius 3 is 2.92 bits per heavy atom. The number of ether oxygens (including phenoxy) is 1. The number of H-pyrrole nitrogens is 1. The molecule has 3 N–H and O–H groups in total. The van der Waals surface area contributed by atoms with E-state index in [-0.39, 0.29) is 18.2 Å². The quantitative estimate of drug-likeness (QED) is 0.462. The van der Waals surface area contributed by atoms with Gasteiger partial charge in [-0.1, -0.05) is 0 Å². The summed E-state index contributed by atoms with van der Waals surface area (Å²) in [6.45, 7) is 3.88. The van der Waals surface area contributed by atoms with Gasteiger partial charge in [-0.2, -0.15) is 11.8 Å². The number of esters is 1. The standard InChI is InChI=1S/C13H19N5O4S2/c1-3-22-13(19)11-10(14)12(18-24(11,20)21)15-4-5-23-6-9-8(2)16-7-17-9/h7,11,14H,3-6H2,1-2H3,(H,15,18)(H,16,17). The molecule has 11 heteroatoms. The number of aryl methyl sites for hydroxylation is 1. The molecular formula is C13H19N5O4S2. The van der Waals surface area contributed by atoms with Gasteiger partial charge >= 0.3 is 5.97 Å². The Morgan fingerprint density at radius 2 is 2.29 bits per heavy atom. The van der Waals surface area contributed by atoms with Crippen molar-refractivity contribution in [2.45, 2.75) is 24.9 Å². The number of imidazole rings is 1. The number of carbonyl (C=O) groups is 1. The van der Waals surface area contributed by atoms with Crippen molar-refractivity contribution in [2.75, 3.05) is 18.9 Å². The predicted molar refractivity (Wildman–Crippen MR) is 92.0 cm³/mol. The number of thioether (sulfide) groups is 1. The zero-order valence-corrected chi connectivity index (χ0v) is 15.0. The molecule has 1 aliphatic rings. The molecule has 1 fully saturated rings. The Bertz CT molecular complexity index is 756. The van der Waals surface area contributed by atoms with Gasteiger partial charge in [-0.15, -0.1) is 0 Å². The monoisotopic (exact) mass is 373 g/mol. The van der Waals surface area contributed by atoms with Crippen LogP contribution in [0.2, 0.25) is 0 Å². The summed E-state index contributed by atoms with van der Waals surface area (Å²) < 4.78 is 30.7. The maximum atomic E-state index is 11.9. The predicted octanol–water partition coefficient (Wildman–Crippen LogP) is 0.234. The summed E-state index contributed by atoms with van der Waals surface area (Å²) in [4.78, 5) is 23.0. The molecule has 9 nitrogen and oxygen atoms in total. The van der Waals surface area contributed by atoms with Crippen molar-refractivity contribution >= 4 is 39.3 Å². The van der Waals surface area contributed by atoms with Crippen LogP contribution in [-0.4, -0.2) is 60.1 Å². The molecule has 0 bridgehead atoms. The van der Waals surface area contributed by atoms with Crippen molar-refractivity contribution in [2.24, 2.45) is 4.99 Å². The summed E-state index contributed by atoms with van der Waals surface area (Å²) in [5, 5.41) is 6.21. The molecule has 0 spiro atoms. The van der Waals surface area contributed by atoms with Crippen LogP contribution in [-0.2, 0) is 25.3 Å². The highest BCUT2D eigenvalue weighted by Crippen LogP contribution is 2.14. The lowest BCUT2D eigenvalue weighted by molar-refractivity contribution is -0.141. The van der Waals surface area contributed by atoms with Crippen LogP contribution in [0.15, 0.2) is 11.3 Å². The van der Waals surface area contributed by atoms with E-state index in [9.17, 15) is 13.2 Å². The molecule has 2 rings (SSSR count). The van der Waals surface area contributed by atoms with Crippen molar-refractivity contribution in [3.8, 4) is 0 Å². The molecule has 0 aliphatic carbocycles. The second-order valence-electron chi connectivity index (χ2n) is 4.95. The number of aromatic amines is 1. The first-order valence-corrected chi connectivity index (χ1v) is 9.95. The third-order valence-corrected chi connectivity index (χ3v) is 5.72. The van der Waals surface area contributed by atoms with Crippen LogP contribution in [0.5, 0.6) is 0 Å². The fourth-order valence-corrected chi connectivity index (χ4v) is 4.19. The van der Waals surface area contributed by atoms with Crippen molar-refractivity contribution < 1.29 is 17.9 Å². The van der Waals surface area contributed by atoms with Crippen LogP contribution < -0.4 is 4.72 Å². The number of hydrogen-bond donors (Lipinski definition) is 3. The molecule has 0 saturated carbocycles. The molecule has 1 aliphatic heterocycles. The number of amidine groups is 1. The number of hydrogen-bond acceptors (Lipinski definition) is 8. The van der Waals surface area contributed by atoms with Crippen molar-refractivity contribution in [3.63, 3.8) is 0 Å². The summed E-state index contributed by atoms with van der Waals surface area (Å²) in [6, 6.07) is 0. The first-order chi connectivity index (χ1) is 11.4. The Balaban J connectivity index is 1.90. The lowest BCUT2D eigenvalue weighted by Gasteiger charge is -2.06. The fourth-order valence-electron chi connectivity index (χ4n) is 2.03. The summed E-state index contributed by atoms with van der Waals surface area (Å²) in [5.41, 5.74) is 1.60. The number of sulfonamides is 1. The molecule has 1 unspecified atom stereocenters. The van der Waals surface area contributed by atoms with E-state index >= 15 is 0 Å². The van der Waals surface area contributed by atoms with Gasteiger partial charge in [0.15, 0.2) is 5.84 Å². The molecule has 24 heavy (non-hydrogen) atoms. The van der Waals surface area contributed by atoms with E-state index in [1.807, 2.05) is 6.92 Å². The van der Waals surface area contributed by atoms with Crippen LogP contribution >= 0.6 is 11.8 Å². The van der Waals surface area contributed by atoms with Gasteiger partial charge in [0.25, 0.3) is 10.0 Å². The summed E-state index contributed by atoms with van der Waals surface area (Å²) in [7, 11) is -3.99. The van der Waals surface area contributed by atoms with Gasteiger partial charge in [0.05, 0.1) is 25.2 Å². The maximum Gasteiger partial charge on any atom is 0.332 e. The van der Waals surface area contributed by atoms with E-state index in [4.69, 9.17) is 10.1 Å². The largest absolute Gasteiger partial charge is 0.465 e. The van der Waals surface area contributed by atoms with Gasteiger partial charge in [0.2, 0.25) is 5.25 Å². The van der Waals surface area contributed by atoms with Crippen LogP contribution in [0.4, 0.5) is 0 Å². The zero-order valence-electron chi connectivity index (χ0n) is 13.3. The number of aromatic nitrogens is 2. The summed E-state index contributed by atoms with van der Waals surface area (Å²) >= 11 is 1.60. The Labute approximate surface area is 144 Å². The molecule has 1 saturated heterocycles. The van der Waals surface area contributed by atoms with Gasteiger partial charge in [0, 0.05) is 17.2 Å². The van der Waals surface area contributed by atoms with Crippen LogP contribution in [0.1, 0.15) is 18.3 Å². The Hall–Kier alpha value is -1.88. The SMILES string of the molecule is CCOC(=O)C1C(=N)C(=NCCSCc2nc[nH]c2C)NS1(=O)=O. The van der Waals surface area contributed by atoms with Gasteiger partial charge in [-0.25, -0.2) is 13.4 Å². The number of rotatable bonds is 7. The highest BCUT2D eigenvalue weighted by molar-refractivity contribution is 7.98. The zero-order chi connectivity index (χ0) is 17.7. The van der Waals surface area contributed by atoms with E-state index < -0.39 is 21.2 Å². The van der Waals surface area contributed by atoms with Gasteiger partial charge in [-0.3, -0.25) is 19.9 Å². The smallest absolute Gasteiger partial charge is 0.332 e. The van der Waals surface area contributed by atoms with Gasteiger partial charge in [-0.05, 0) is 13.8 Å². The van der Waals surface area contributed by atoms with Crippen LogP contribution in [0, 0.1) is 12.3 Å². The van der Waals surface area contributed by atoms with Crippen molar-refractivity contribution in [1.82, 2.24) is 14.7 Å². The summed E-state index contributed by atoms with van der Waals surface area (Å²) in [6.07, 6.45) is 1.63. The molecule has 0 aromatic carbocycles. The molecule has 132 valence electrons. The molecular weight excluding hydrogens is 354 g/mol. The minimum Gasteiger partial charge on any atom is -0.465 e. The Morgan fingerprint density at radius 1 is 1.54 bits per heavy atom. The Kier molecular flexibility index (Phi) is 5.99. The van der Waals surface area contributed by atoms with E-state index in [1.165, 1.54) is 0 Å². The van der Waals surface area contributed by atoms with E-state index in [2.05, 4.69) is 19.7 Å². The van der Waals surface area contributed by atoms with Gasteiger partial charge in [0.1, 0.15) is 5.71 Å². The average Bonchev–Trinajstić information content (AvgIpc) is 3.00. The second-order valence-corrected chi connectivity index (χ2v) is 7.82. The fraction of sp³-hybridized carbons (Fsp3) is 0.538. The van der Waals surface area contributed by atoms with Crippen LogP contribution in [0.3, 0.4) is 0 Å².